The van der Waals surface area contributed by atoms with Gasteiger partial charge in [-0.3, -0.25) is 0 Å². The van der Waals surface area contributed by atoms with Gasteiger partial charge in [-0.25, -0.2) is 0 Å². The van der Waals surface area contributed by atoms with Crippen molar-refractivity contribution in [3.8, 4) is 0 Å². The third-order valence-corrected chi connectivity index (χ3v) is 3.47. The fourth-order valence-corrected chi connectivity index (χ4v) is 2.49. The van der Waals surface area contributed by atoms with Gasteiger partial charge < -0.3 is 4.90 Å². The lowest BCUT2D eigenvalue weighted by Gasteiger charge is -2.29. The lowest BCUT2D eigenvalue weighted by molar-refractivity contribution is 0.229. The maximum Gasteiger partial charge on any atom is -0.00247 e. The molecule has 1 saturated carbocycles. The van der Waals surface area contributed by atoms with Gasteiger partial charge >= 0.3 is 0 Å². The highest BCUT2D eigenvalue weighted by Gasteiger charge is 2.20. The zero-order chi connectivity index (χ0) is 9.68. The Labute approximate surface area is 83.5 Å². The Morgan fingerprint density at radius 3 is 2.46 bits per heavy atom. The molecular formula is C12H25N. The molecule has 0 radical (unpaired) electrons. The van der Waals surface area contributed by atoms with Gasteiger partial charge in [-0.2, -0.15) is 0 Å². The van der Waals surface area contributed by atoms with Crippen LogP contribution in [0.4, 0.5) is 0 Å². The van der Waals surface area contributed by atoms with E-state index in [0.29, 0.717) is 0 Å². The van der Waals surface area contributed by atoms with E-state index in [4.69, 9.17) is 0 Å². The Morgan fingerprint density at radius 2 is 1.85 bits per heavy atom. The van der Waals surface area contributed by atoms with Gasteiger partial charge in [0.15, 0.2) is 0 Å². The van der Waals surface area contributed by atoms with Crippen LogP contribution in [0.15, 0.2) is 0 Å². The number of nitrogens with zero attached hydrogens (tertiary/aromatic N) is 1. The lowest BCUT2D eigenvalue weighted by atomic mass is 9.78. The predicted molar refractivity (Wildman–Crippen MR) is 58.9 cm³/mol. The van der Waals surface area contributed by atoms with Gasteiger partial charge in [-0.05, 0) is 45.3 Å². The van der Waals surface area contributed by atoms with Crippen molar-refractivity contribution in [2.24, 2.45) is 11.8 Å². The first-order valence-electron chi connectivity index (χ1n) is 5.85. The molecule has 2 atom stereocenters. The van der Waals surface area contributed by atoms with Crippen LogP contribution in [-0.4, -0.2) is 25.5 Å². The highest BCUT2D eigenvalue weighted by atomic mass is 15.0. The second kappa shape index (κ2) is 5.64. The van der Waals surface area contributed by atoms with E-state index in [1.165, 1.54) is 45.1 Å². The number of rotatable bonds is 4. The third kappa shape index (κ3) is 4.12. The van der Waals surface area contributed by atoms with Crippen LogP contribution < -0.4 is 0 Å². The molecule has 0 N–H and O–H groups in total. The quantitative estimate of drug-likeness (QED) is 0.647. The summed E-state index contributed by atoms with van der Waals surface area (Å²) in [5.41, 5.74) is 0. The molecule has 1 aliphatic carbocycles. The first-order valence-corrected chi connectivity index (χ1v) is 5.85. The molecule has 0 aromatic rings. The van der Waals surface area contributed by atoms with E-state index in [-0.39, 0.29) is 0 Å². The third-order valence-electron chi connectivity index (χ3n) is 3.47. The minimum Gasteiger partial charge on any atom is -0.309 e. The highest BCUT2D eigenvalue weighted by molar-refractivity contribution is 4.72. The summed E-state index contributed by atoms with van der Waals surface area (Å²) < 4.78 is 0. The van der Waals surface area contributed by atoms with Crippen molar-refractivity contribution < 1.29 is 0 Å². The van der Waals surface area contributed by atoms with Gasteiger partial charge in [0.05, 0.1) is 0 Å². The summed E-state index contributed by atoms with van der Waals surface area (Å²) in [7, 11) is 4.34. The van der Waals surface area contributed by atoms with E-state index in [1.807, 2.05) is 0 Å². The maximum atomic E-state index is 2.44. The summed E-state index contributed by atoms with van der Waals surface area (Å²) in [4.78, 5) is 2.30. The summed E-state index contributed by atoms with van der Waals surface area (Å²) in [5.74, 6) is 2.03. The predicted octanol–water partition coefficient (Wildman–Crippen LogP) is 3.15. The first-order chi connectivity index (χ1) is 6.20. The van der Waals surface area contributed by atoms with Crippen molar-refractivity contribution >= 4 is 0 Å². The molecule has 78 valence electrons. The van der Waals surface area contributed by atoms with Crippen LogP contribution in [0.3, 0.4) is 0 Å². The Bertz CT molecular complexity index is 131. The molecule has 0 aromatic heterocycles. The van der Waals surface area contributed by atoms with Crippen LogP contribution in [0.1, 0.15) is 45.4 Å². The molecule has 0 saturated heterocycles. The van der Waals surface area contributed by atoms with Gasteiger partial charge in [0, 0.05) is 0 Å². The van der Waals surface area contributed by atoms with Crippen molar-refractivity contribution in [3.05, 3.63) is 0 Å². The average molecular weight is 183 g/mol. The Balaban J connectivity index is 2.11. The molecule has 0 aliphatic heterocycles. The van der Waals surface area contributed by atoms with E-state index in [9.17, 15) is 0 Å². The molecule has 1 heteroatoms. The smallest absolute Gasteiger partial charge is 0.00247 e. The summed E-state index contributed by atoms with van der Waals surface area (Å²) >= 11 is 0. The Hall–Kier alpha value is -0.0400. The lowest BCUT2D eigenvalue weighted by Crippen LogP contribution is -2.19. The molecule has 1 nitrogen and oxygen atoms in total. The molecule has 1 aliphatic rings. The Morgan fingerprint density at radius 1 is 1.15 bits per heavy atom. The maximum absolute atomic E-state index is 2.44. The summed E-state index contributed by atoms with van der Waals surface area (Å²) in [6.07, 6.45) is 8.78. The molecule has 0 heterocycles. The van der Waals surface area contributed by atoms with Crippen molar-refractivity contribution in [1.29, 1.82) is 0 Å². The average Bonchev–Trinajstić information content (AvgIpc) is 2.08. The molecule has 0 aromatic carbocycles. The fourth-order valence-electron chi connectivity index (χ4n) is 2.49. The van der Waals surface area contributed by atoms with Gasteiger partial charge in [0.1, 0.15) is 0 Å². The number of hydrogen-bond acceptors (Lipinski definition) is 1. The minimum atomic E-state index is 0.996. The van der Waals surface area contributed by atoms with Crippen molar-refractivity contribution in [1.82, 2.24) is 4.90 Å². The second-order valence-corrected chi connectivity index (χ2v) is 4.97. The highest BCUT2D eigenvalue weighted by Crippen LogP contribution is 2.32. The van der Waals surface area contributed by atoms with Crippen LogP contribution in [-0.2, 0) is 0 Å². The molecule has 1 rings (SSSR count). The molecule has 0 bridgehead atoms. The minimum absolute atomic E-state index is 0.996. The van der Waals surface area contributed by atoms with Crippen molar-refractivity contribution in [3.63, 3.8) is 0 Å². The molecular weight excluding hydrogens is 158 g/mol. The molecule has 0 amide bonds. The van der Waals surface area contributed by atoms with E-state index < -0.39 is 0 Å². The number of hydrogen-bond donors (Lipinski definition) is 0. The van der Waals surface area contributed by atoms with Crippen LogP contribution in [0.2, 0.25) is 0 Å². The van der Waals surface area contributed by atoms with Crippen LogP contribution in [0.5, 0.6) is 0 Å². The van der Waals surface area contributed by atoms with Crippen LogP contribution in [0, 0.1) is 11.8 Å². The molecule has 2 unspecified atom stereocenters. The molecule has 1 fully saturated rings. The zero-order valence-electron chi connectivity index (χ0n) is 9.55. The summed E-state index contributed by atoms with van der Waals surface area (Å²) in [6, 6.07) is 0. The molecule has 0 spiro atoms. The monoisotopic (exact) mass is 183 g/mol. The van der Waals surface area contributed by atoms with Crippen molar-refractivity contribution in [2.45, 2.75) is 45.4 Å². The van der Waals surface area contributed by atoms with Crippen LogP contribution >= 0.6 is 0 Å². The fraction of sp³-hybridized carbons (Fsp3) is 1.00. The van der Waals surface area contributed by atoms with Crippen molar-refractivity contribution in [2.75, 3.05) is 20.6 Å². The largest absolute Gasteiger partial charge is 0.309 e. The SMILES string of the molecule is CC1CCCCC1CCCN(C)C. The van der Waals surface area contributed by atoms with Crippen LogP contribution in [0.25, 0.3) is 0 Å². The summed E-state index contributed by atoms with van der Waals surface area (Å²) in [6.45, 7) is 3.71. The van der Waals surface area contributed by atoms with E-state index in [1.54, 1.807) is 0 Å². The normalized spacial score (nSPS) is 29.5. The zero-order valence-corrected chi connectivity index (χ0v) is 9.55. The second-order valence-electron chi connectivity index (χ2n) is 4.97. The van der Waals surface area contributed by atoms with E-state index in [2.05, 4.69) is 25.9 Å². The van der Waals surface area contributed by atoms with E-state index >= 15 is 0 Å². The Kier molecular flexibility index (Phi) is 4.79. The van der Waals surface area contributed by atoms with Gasteiger partial charge in [0.25, 0.3) is 0 Å². The van der Waals surface area contributed by atoms with Gasteiger partial charge in [-0.15, -0.1) is 0 Å². The first kappa shape index (κ1) is 11.0. The van der Waals surface area contributed by atoms with Gasteiger partial charge in [0.2, 0.25) is 0 Å². The summed E-state index contributed by atoms with van der Waals surface area (Å²) in [5, 5.41) is 0. The van der Waals surface area contributed by atoms with Gasteiger partial charge in [-0.1, -0.05) is 32.6 Å². The molecule has 13 heavy (non-hydrogen) atoms. The topological polar surface area (TPSA) is 3.24 Å². The van der Waals surface area contributed by atoms with E-state index in [0.717, 1.165) is 11.8 Å². The standard InChI is InChI=1S/C12H25N/c1-11-7-4-5-8-12(11)9-6-10-13(2)3/h11-12H,4-10H2,1-3H3.